The van der Waals surface area contributed by atoms with Crippen LogP contribution in [-0.4, -0.2) is 22.1 Å². The highest BCUT2D eigenvalue weighted by Crippen LogP contribution is 2.10. The average molecular weight is 243 g/mol. The molecule has 0 aliphatic carbocycles. The van der Waals surface area contributed by atoms with Gasteiger partial charge >= 0.3 is 11.7 Å². The van der Waals surface area contributed by atoms with Gasteiger partial charge in [-0.2, -0.15) is 10.1 Å². The number of rotatable bonds is 2. The number of ether oxygens (including phenoxy) is 1. The van der Waals surface area contributed by atoms with E-state index < -0.39 is 11.6 Å². The fraction of sp³-hybridized carbons (Fsp3) is 0.308. The third-order valence-electron chi connectivity index (χ3n) is 1.98. The van der Waals surface area contributed by atoms with Gasteiger partial charge in [-0.15, -0.1) is 0 Å². The molecular formula is C13H13N3O2. The van der Waals surface area contributed by atoms with E-state index in [2.05, 4.69) is 4.79 Å². The molecule has 0 saturated carbocycles. The van der Waals surface area contributed by atoms with Crippen LogP contribution in [0.1, 0.15) is 31.9 Å². The first-order valence-electron chi connectivity index (χ1n) is 5.33. The Hall–Kier alpha value is -2.44. The van der Waals surface area contributed by atoms with Gasteiger partial charge in [0.05, 0.1) is 17.2 Å². The third-order valence-corrected chi connectivity index (χ3v) is 1.98. The second-order valence-corrected chi connectivity index (χ2v) is 4.64. The molecule has 92 valence electrons. The van der Waals surface area contributed by atoms with Crippen molar-refractivity contribution in [2.75, 3.05) is 0 Å². The number of nitriles is 1. The van der Waals surface area contributed by atoms with Crippen LogP contribution in [0, 0.1) is 11.3 Å². The average Bonchev–Trinajstić information content (AvgIpc) is 2.28. The van der Waals surface area contributed by atoms with Crippen LogP contribution in [0.15, 0.2) is 24.3 Å². The van der Waals surface area contributed by atoms with Crippen molar-refractivity contribution in [3.8, 4) is 6.07 Å². The van der Waals surface area contributed by atoms with E-state index >= 15 is 0 Å². The number of benzene rings is 1. The maximum Gasteiger partial charge on any atom is 0.422 e. The van der Waals surface area contributed by atoms with E-state index in [4.69, 9.17) is 15.5 Å². The molecule has 0 radical (unpaired) electrons. The highest BCUT2D eigenvalue weighted by atomic mass is 16.6. The lowest BCUT2D eigenvalue weighted by Crippen LogP contribution is -2.30. The van der Waals surface area contributed by atoms with E-state index in [1.807, 2.05) is 6.07 Å². The Morgan fingerprint density at radius 2 is 1.89 bits per heavy atom. The lowest BCUT2D eigenvalue weighted by molar-refractivity contribution is -0.150. The van der Waals surface area contributed by atoms with E-state index in [-0.39, 0.29) is 5.71 Å². The fourth-order valence-electron chi connectivity index (χ4n) is 1.25. The Labute approximate surface area is 105 Å². The molecule has 0 atom stereocenters. The van der Waals surface area contributed by atoms with Crippen molar-refractivity contribution in [1.82, 2.24) is 0 Å². The Morgan fingerprint density at radius 3 is 2.28 bits per heavy atom. The SMILES string of the molecule is CC(C)(C)OC(=O)C(=[N+]=[N-])c1ccc(C#N)cc1. The number of carbonyl (C=O) groups is 1. The first kappa shape index (κ1) is 13.6. The van der Waals surface area contributed by atoms with Crippen molar-refractivity contribution < 1.29 is 14.3 Å². The molecule has 0 saturated heterocycles. The topological polar surface area (TPSA) is 86.5 Å². The first-order chi connectivity index (χ1) is 8.37. The van der Waals surface area contributed by atoms with E-state index in [0.717, 1.165) is 0 Å². The van der Waals surface area contributed by atoms with E-state index in [9.17, 15) is 4.79 Å². The summed E-state index contributed by atoms with van der Waals surface area (Å²) in [5.41, 5.74) is 8.90. The summed E-state index contributed by atoms with van der Waals surface area (Å²) in [6, 6.07) is 8.08. The molecule has 1 aromatic rings. The third kappa shape index (κ3) is 3.55. The van der Waals surface area contributed by atoms with Crippen molar-refractivity contribution >= 4 is 11.7 Å². The van der Waals surface area contributed by atoms with Crippen LogP contribution in [0.2, 0.25) is 0 Å². The van der Waals surface area contributed by atoms with E-state index in [1.165, 1.54) is 24.3 Å². The van der Waals surface area contributed by atoms with Crippen molar-refractivity contribution in [1.29, 1.82) is 5.26 Å². The highest BCUT2D eigenvalue weighted by Gasteiger charge is 2.28. The molecule has 0 spiro atoms. The maximum atomic E-state index is 11.8. The second-order valence-electron chi connectivity index (χ2n) is 4.64. The summed E-state index contributed by atoms with van der Waals surface area (Å²) in [6.45, 7) is 5.16. The molecule has 0 aliphatic heterocycles. The van der Waals surface area contributed by atoms with Gasteiger partial charge in [-0.05, 0) is 45.0 Å². The summed E-state index contributed by atoms with van der Waals surface area (Å²) < 4.78 is 5.11. The molecule has 1 aromatic carbocycles. The van der Waals surface area contributed by atoms with Gasteiger partial charge in [0.2, 0.25) is 0 Å². The second kappa shape index (κ2) is 5.26. The zero-order valence-electron chi connectivity index (χ0n) is 10.5. The summed E-state index contributed by atoms with van der Waals surface area (Å²) in [5.74, 6) is -0.713. The molecule has 0 unspecified atom stereocenters. The van der Waals surface area contributed by atoms with Crippen LogP contribution in [0.25, 0.3) is 5.53 Å². The summed E-state index contributed by atoms with van der Waals surface area (Å²) in [7, 11) is 0. The number of esters is 1. The predicted octanol–water partition coefficient (Wildman–Crippen LogP) is 1.92. The molecule has 18 heavy (non-hydrogen) atoms. The Morgan fingerprint density at radius 1 is 1.33 bits per heavy atom. The molecule has 1 rings (SSSR count). The summed E-state index contributed by atoms with van der Waals surface area (Å²) >= 11 is 0. The molecule has 5 nitrogen and oxygen atoms in total. The molecule has 0 bridgehead atoms. The van der Waals surface area contributed by atoms with Crippen molar-refractivity contribution in [3.05, 3.63) is 40.9 Å². The smallest absolute Gasteiger partial charge is 0.422 e. The van der Waals surface area contributed by atoms with Gasteiger partial charge in [0.1, 0.15) is 5.60 Å². The minimum Gasteiger partial charge on any atom is -0.451 e. The van der Waals surface area contributed by atoms with E-state index in [0.29, 0.717) is 11.1 Å². The Bertz CT molecular complexity index is 541. The zero-order chi connectivity index (χ0) is 13.8. The van der Waals surface area contributed by atoms with Crippen LogP contribution in [-0.2, 0) is 9.53 Å². The van der Waals surface area contributed by atoms with Gasteiger partial charge in [0.25, 0.3) is 0 Å². The van der Waals surface area contributed by atoms with Crippen LogP contribution < -0.4 is 0 Å². The van der Waals surface area contributed by atoms with Crippen LogP contribution in [0.5, 0.6) is 0 Å². The number of hydrogen-bond donors (Lipinski definition) is 0. The Balaban J connectivity index is 3.01. The van der Waals surface area contributed by atoms with Gasteiger partial charge in [-0.3, -0.25) is 0 Å². The normalized spacial score (nSPS) is 10.1. The largest absolute Gasteiger partial charge is 0.451 e. The summed E-state index contributed by atoms with van der Waals surface area (Å²) in [4.78, 5) is 14.7. The molecule has 0 aromatic heterocycles. The van der Waals surface area contributed by atoms with Crippen LogP contribution in [0.4, 0.5) is 0 Å². The van der Waals surface area contributed by atoms with Crippen LogP contribution >= 0.6 is 0 Å². The zero-order valence-corrected chi connectivity index (χ0v) is 10.5. The van der Waals surface area contributed by atoms with Crippen molar-refractivity contribution in [2.45, 2.75) is 26.4 Å². The molecule has 0 N–H and O–H groups in total. The van der Waals surface area contributed by atoms with Gasteiger partial charge < -0.3 is 10.3 Å². The number of hydrogen-bond acceptors (Lipinski definition) is 3. The molecule has 5 heteroatoms. The standard InChI is InChI=1S/C13H13N3O2/c1-13(2,3)18-12(17)11(16-15)10-6-4-9(8-14)5-7-10/h4-7H,1-3H3. The van der Waals surface area contributed by atoms with Gasteiger partial charge in [-0.25, -0.2) is 4.79 Å². The fourth-order valence-corrected chi connectivity index (χ4v) is 1.25. The van der Waals surface area contributed by atoms with Gasteiger partial charge in [0, 0.05) is 0 Å². The van der Waals surface area contributed by atoms with Crippen molar-refractivity contribution in [3.63, 3.8) is 0 Å². The summed E-state index contributed by atoms with van der Waals surface area (Å²) in [6.07, 6.45) is 0. The predicted molar refractivity (Wildman–Crippen MR) is 64.7 cm³/mol. The molecule has 0 amide bonds. The quantitative estimate of drug-likeness (QED) is 0.344. The van der Waals surface area contributed by atoms with Gasteiger partial charge in [-0.1, -0.05) is 0 Å². The highest BCUT2D eigenvalue weighted by molar-refractivity contribution is 6.40. The lowest BCUT2D eigenvalue weighted by atomic mass is 10.1. The van der Waals surface area contributed by atoms with Crippen molar-refractivity contribution in [2.24, 2.45) is 0 Å². The lowest BCUT2D eigenvalue weighted by Gasteiger charge is -2.17. The molecule has 0 fully saturated rings. The number of nitrogens with zero attached hydrogens (tertiary/aromatic N) is 3. The van der Waals surface area contributed by atoms with E-state index in [1.54, 1.807) is 20.8 Å². The first-order valence-corrected chi connectivity index (χ1v) is 5.33. The van der Waals surface area contributed by atoms with Gasteiger partial charge in [0.15, 0.2) is 0 Å². The minimum absolute atomic E-state index is 0.186. The number of carbonyl (C=O) groups excluding carboxylic acids is 1. The molecular weight excluding hydrogens is 230 g/mol. The van der Waals surface area contributed by atoms with Crippen LogP contribution in [0.3, 0.4) is 0 Å². The summed E-state index contributed by atoms with van der Waals surface area (Å²) in [5, 5.41) is 8.67. The molecule has 0 aliphatic rings. The molecule has 0 heterocycles. The monoisotopic (exact) mass is 243 g/mol. The minimum atomic E-state index is -0.713. The maximum absolute atomic E-state index is 11.8. The Kier molecular flexibility index (Phi) is 3.98.